The van der Waals surface area contributed by atoms with E-state index in [0.717, 1.165) is 0 Å². The van der Waals surface area contributed by atoms with E-state index in [0.29, 0.717) is 38.2 Å². The van der Waals surface area contributed by atoms with Gasteiger partial charge < -0.3 is 20.6 Å². The summed E-state index contributed by atoms with van der Waals surface area (Å²) in [6.45, 7) is 3.85. The SMILES string of the molecule is CC(N)CC(=O)N1CCN(C(=O)c2cccc(O)c2)CC1.Cl. The number of rotatable bonds is 3. The van der Waals surface area contributed by atoms with Crippen molar-refractivity contribution in [2.75, 3.05) is 26.2 Å². The average molecular weight is 328 g/mol. The number of phenolic OH excluding ortho intramolecular Hbond substituents is 1. The molecule has 122 valence electrons. The first-order valence-electron chi connectivity index (χ1n) is 7.09. The fraction of sp³-hybridized carbons (Fsp3) is 0.467. The van der Waals surface area contributed by atoms with Crippen molar-refractivity contribution in [1.29, 1.82) is 0 Å². The number of nitrogens with two attached hydrogens (primary N) is 1. The first-order valence-corrected chi connectivity index (χ1v) is 7.09. The number of piperazine rings is 1. The number of amides is 2. The Hall–Kier alpha value is -1.79. The zero-order chi connectivity index (χ0) is 15.4. The van der Waals surface area contributed by atoms with Gasteiger partial charge in [-0.15, -0.1) is 12.4 Å². The summed E-state index contributed by atoms with van der Waals surface area (Å²) in [6, 6.07) is 6.15. The van der Waals surface area contributed by atoms with Crippen molar-refractivity contribution in [3.63, 3.8) is 0 Å². The second-order valence-electron chi connectivity index (χ2n) is 5.40. The first-order chi connectivity index (χ1) is 9.97. The molecule has 1 aliphatic heterocycles. The molecule has 0 spiro atoms. The minimum absolute atomic E-state index is 0. The summed E-state index contributed by atoms with van der Waals surface area (Å²) in [6.07, 6.45) is 0.334. The summed E-state index contributed by atoms with van der Waals surface area (Å²) < 4.78 is 0. The molecule has 1 fully saturated rings. The Morgan fingerprint density at radius 2 is 1.82 bits per heavy atom. The molecule has 1 aromatic carbocycles. The van der Waals surface area contributed by atoms with Gasteiger partial charge in [-0.05, 0) is 25.1 Å². The maximum Gasteiger partial charge on any atom is 0.254 e. The third-order valence-corrected chi connectivity index (χ3v) is 3.51. The maximum absolute atomic E-state index is 12.3. The Morgan fingerprint density at radius 3 is 2.36 bits per heavy atom. The highest BCUT2D eigenvalue weighted by Gasteiger charge is 2.25. The molecule has 1 saturated heterocycles. The Morgan fingerprint density at radius 1 is 1.23 bits per heavy atom. The minimum atomic E-state index is -0.149. The van der Waals surface area contributed by atoms with Gasteiger partial charge in [-0.1, -0.05) is 6.07 Å². The van der Waals surface area contributed by atoms with Gasteiger partial charge in [-0.2, -0.15) is 0 Å². The van der Waals surface area contributed by atoms with Gasteiger partial charge in [-0.25, -0.2) is 0 Å². The van der Waals surface area contributed by atoms with Crippen molar-refractivity contribution in [3.05, 3.63) is 29.8 Å². The van der Waals surface area contributed by atoms with Crippen LogP contribution in [0.25, 0.3) is 0 Å². The molecule has 2 amide bonds. The molecular weight excluding hydrogens is 306 g/mol. The molecule has 0 radical (unpaired) electrons. The molecule has 1 unspecified atom stereocenters. The van der Waals surface area contributed by atoms with Crippen LogP contribution in [0, 0.1) is 0 Å². The maximum atomic E-state index is 12.3. The second kappa shape index (κ2) is 8.00. The highest BCUT2D eigenvalue weighted by atomic mass is 35.5. The predicted molar refractivity (Wildman–Crippen MR) is 86.1 cm³/mol. The van der Waals surface area contributed by atoms with E-state index in [4.69, 9.17) is 5.73 Å². The first kappa shape index (κ1) is 18.3. The molecule has 2 rings (SSSR count). The van der Waals surface area contributed by atoms with E-state index in [1.54, 1.807) is 28.9 Å². The van der Waals surface area contributed by atoms with Crippen molar-refractivity contribution in [3.8, 4) is 5.75 Å². The monoisotopic (exact) mass is 327 g/mol. The van der Waals surface area contributed by atoms with Crippen LogP contribution in [0.2, 0.25) is 0 Å². The molecule has 3 N–H and O–H groups in total. The highest BCUT2D eigenvalue weighted by molar-refractivity contribution is 5.94. The van der Waals surface area contributed by atoms with Crippen LogP contribution in [0.4, 0.5) is 0 Å². The van der Waals surface area contributed by atoms with Crippen molar-refractivity contribution in [2.24, 2.45) is 5.73 Å². The lowest BCUT2D eigenvalue weighted by Crippen LogP contribution is -2.51. The zero-order valence-corrected chi connectivity index (χ0v) is 13.4. The van der Waals surface area contributed by atoms with Crippen LogP contribution in [0.3, 0.4) is 0 Å². The normalized spacial score (nSPS) is 15.9. The van der Waals surface area contributed by atoms with E-state index >= 15 is 0 Å². The Labute approximate surface area is 136 Å². The highest BCUT2D eigenvalue weighted by Crippen LogP contribution is 2.14. The van der Waals surface area contributed by atoms with E-state index < -0.39 is 0 Å². The number of phenols is 1. The summed E-state index contributed by atoms with van der Waals surface area (Å²) in [4.78, 5) is 27.7. The van der Waals surface area contributed by atoms with E-state index in [2.05, 4.69) is 0 Å². The van der Waals surface area contributed by atoms with Gasteiger partial charge in [-0.3, -0.25) is 9.59 Å². The van der Waals surface area contributed by atoms with E-state index in [-0.39, 0.29) is 36.0 Å². The number of hydrogen-bond acceptors (Lipinski definition) is 4. The molecule has 6 nitrogen and oxygen atoms in total. The van der Waals surface area contributed by atoms with Gasteiger partial charge in [0, 0.05) is 44.2 Å². The third kappa shape index (κ3) is 4.61. The Bertz CT molecular complexity index is 529. The van der Waals surface area contributed by atoms with Gasteiger partial charge in [0.1, 0.15) is 5.75 Å². The molecule has 0 bridgehead atoms. The molecule has 0 aliphatic carbocycles. The fourth-order valence-electron chi connectivity index (χ4n) is 2.38. The number of nitrogens with zero attached hydrogens (tertiary/aromatic N) is 2. The van der Waals surface area contributed by atoms with E-state index in [1.165, 1.54) is 12.1 Å². The van der Waals surface area contributed by atoms with Crippen LogP contribution in [0.5, 0.6) is 5.75 Å². The van der Waals surface area contributed by atoms with Gasteiger partial charge >= 0.3 is 0 Å². The van der Waals surface area contributed by atoms with Crippen LogP contribution < -0.4 is 5.73 Å². The number of carbonyl (C=O) groups is 2. The molecule has 1 atom stereocenters. The van der Waals surface area contributed by atoms with Crippen molar-refractivity contribution in [2.45, 2.75) is 19.4 Å². The largest absolute Gasteiger partial charge is 0.508 e. The lowest BCUT2D eigenvalue weighted by molar-refractivity contribution is -0.132. The molecule has 1 aliphatic rings. The van der Waals surface area contributed by atoms with Crippen LogP contribution >= 0.6 is 12.4 Å². The number of hydrogen-bond donors (Lipinski definition) is 2. The zero-order valence-electron chi connectivity index (χ0n) is 12.6. The molecular formula is C15H22ClN3O3. The lowest BCUT2D eigenvalue weighted by atomic mass is 10.1. The Kier molecular flexibility index (Phi) is 6.64. The number of aromatic hydroxyl groups is 1. The van der Waals surface area contributed by atoms with Crippen LogP contribution in [-0.2, 0) is 4.79 Å². The molecule has 1 heterocycles. The molecule has 22 heavy (non-hydrogen) atoms. The van der Waals surface area contributed by atoms with Crippen LogP contribution in [0.1, 0.15) is 23.7 Å². The summed E-state index contributed by atoms with van der Waals surface area (Å²) in [5.41, 5.74) is 6.09. The van der Waals surface area contributed by atoms with Crippen LogP contribution in [-0.4, -0.2) is 58.9 Å². The number of halogens is 1. The van der Waals surface area contributed by atoms with Crippen LogP contribution in [0.15, 0.2) is 24.3 Å². The number of benzene rings is 1. The topological polar surface area (TPSA) is 86.9 Å². The minimum Gasteiger partial charge on any atom is -0.508 e. The smallest absolute Gasteiger partial charge is 0.254 e. The summed E-state index contributed by atoms with van der Waals surface area (Å²) in [5.74, 6) is -0.00811. The second-order valence-corrected chi connectivity index (χ2v) is 5.40. The number of carbonyl (C=O) groups excluding carboxylic acids is 2. The van der Waals surface area contributed by atoms with E-state index in [9.17, 15) is 14.7 Å². The predicted octanol–water partition coefficient (Wildman–Crippen LogP) is 0.836. The van der Waals surface area contributed by atoms with E-state index in [1.807, 2.05) is 0 Å². The summed E-state index contributed by atoms with van der Waals surface area (Å²) in [7, 11) is 0. The summed E-state index contributed by atoms with van der Waals surface area (Å²) >= 11 is 0. The molecule has 0 saturated carbocycles. The third-order valence-electron chi connectivity index (χ3n) is 3.51. The van der Waals surface area contributed by atoms with Crippen molar-refractivity contribution in [1.82, 2.24) is 9.80 Å². The van der Waals surface area contributed by atoms with Gasteiger partial charge in [0.15, 0.2) is 0 Å². The van der Waals surface area contributed by atoms with Crippen molar-refractivity contribution >= 4 is 24.2 Å². The average Bonchev–Trinajstić information content (AvgIpc) is 2.46. The quantitative estimate of drug-likeness (QED) is 0.861. The Balaban J connectivity index is 0.00000242. The van der Waals surface area contributed by atoms with Gasteiger partial charge in [0.2, 0.25) is 5.91 Å². The van der Waals surface area contributed by atoms with Crippen molar-refractivity contribution < 1.29 is 14.7 Å². The molecule has 7 heteroatoms. The summed E-state index contributed by atoms with van der Waals surface area (Å²) in [5, 5.41) is 9.42. The van der Waals surface area contributed by atoms with Gasteiger partial charge in [0.25, 0.3) is 5.91 Å². The molecule has 0 aromatic heterocycles. The lowest BCUT2D eigenvalue weighted by Gasteiger charge is -2.35. The standard InChI is InChI=1S/C15H21N3O3.ClH/c1-11(16)9-14(20)17-5-7-18(8-6-17)15(21)12-3-2-4-13(19)10-12;/h2-4,10-11,19H,5-9,16H2,1H3;1H. The fourth-order valence-corrected chi connectivity index (χ4v) is 2.38. The van der Waals surface area contributed by atoms with Gasteiger partial charge in [0.05, 0.1) is 0 Å². The molecule has 1 aromatic rings.